The van der Waals surface area contributed by atoms with Gasteiger partial charge in [0.1, 0.15) is 11.2 Å². The third-order valence-corrected chi connectivity index (χ3v) is 6.83. The molecule has 0 fully saturated rings. The minimum atomic E-state index is 0.910. The van der Waals surface area contributed by atoms with Crippen molar-refractivity contribution in [2.75, 3.05) is 0 Å². The number of aryl methyl sites for hydroxylation is 2. The van der Waals surface area contributed by atoms with Gasteiger partial charge in [-0.2, -0.15) is 4.57 Å². The number of fused-ring (bicyclic) bond motifs is 8. The van der Waals surface area contributed by atoms with Crippen molar-refractivity contribution in [2.24, 2.45) is 7.05 Å². The summed E-state index contributed by atoms with van der Waals surface area (Å²) in [6, 6.07) is 25.2. The molecule has 0 unspecified atom stereocenters. The summed E-state index contributed by atoms with van der Waals surface area (Å²) in [5, 5.41) is 4.56. The summed E-state index contributed by atoms with van der Waals surface area (Å²) in [5.74, 6) is 1.11. The van der Waals surface area contributed by atoms with E-state index >= 15 is 0 Å². The zero-order valence-corrected chi connectivity index (χ0v) is 18.1. The number of rotatable bonds is 1. The van der Waals surface area contributed by atoms with Gasteiger partial charge in [0.25, 0.3) is 5.82 Å². The third kappa shape index (κ3) is 2.09. The highest BCUT2D eigenvalue weighted by Crippen LogP contribution is 2.38. The lowest BCUT2D eigenvalue weighted by Gasteiger charge is -2.05. The zero-order chi connectivity index (χ0) is 21.6. The smallest absolute Gasteiger partial charge is 0.259 e. The van der Waals surface area contributed by atoms with Crippen LogP contribution >= 0.6 is 0 Å². The molecule has 0 aliphatic rings. The summed E-state index contributed by atoms with van der Waals surface area (Å²) in [5.41, 5.74) is 8.10. The van der Waals surface area contributed by atoms with Gasteiger partial charge >= 0.3 is 0 Å². The number of nitrogens with zero attached hydrogens (tertiary/aromatic N) is 2. The topological polar surface area (TPSA) is 35.1 Å². The van der Waals surface area contributed by atoms with Crippen molar-refractivity contribution < 1.29 is 13.4 Å². The number of hydrogen-bond donors (Lipinski definition) is 0. The van der Waals surface area contributed by atoms with Crippen LogP contribution in [0.1, 0.15) is 11.4 Å². The van der Waals surface area contributed by atoms with Crippen LogP contribution < -0.4 is 4.57 Å². The Kier molecular flexibility index (Phi) is 3.31. The van der Waals surface area contributed by atoms with Gasteiger partial charge in [-0.25, -0.2) is 4.57 Å². The van der Waals surface area contributed by atoms with Crippen LogP contribution in [0.15, 0.2) is 81.6 Å². The standard InChI is InChI=1S/C28H21N2O2/c1-16-12-13-20-18-8-4-6-10-23(18)31-27(20)25(16)30-17(2)29(3)26-22(30)15-14-21-19-9-5-7-11-24(19)32-28(21)26/h4-15H,1-3H3/q+1. The Bertz CT molecular complexity index is 1860. The van der Waals surface area contributed by atoms with Gasteiger partial charge in [-0.05, 0) is 37.3 Å². The molecule has 0 bridgehead atoms. The van der Waals surface area contributed by atoms with Crippen molar-refractivity contribution in [1.82, 2.24) is 4.57 Å². The van der Waals surface area contributed by atoms with E-state index in [1.807, 2.05) is 24.3 Å². The van der Waals surface area contributed by atoms with Crippen molar-refractivity contribution >= 4 is 54.9 Å². The molecule has 154 valence electrons. The second kappa shape index (κ2) is 6.01. The quantitative estimate of drug-likeness (QED) is 0.273. The van der Waals surface area contributed by atoms with E-state index in [-0.39, 0.29) is 0 Å². The van der Waals surface area contributed by atoms with Gasteiger partial charge in [-0.15, -0.1) is 0 Å². The summed E-state index contributed by atoms with van der Waals surface area (Å²) < 4.78 is 17.3. The molecule has 4 heteroatoms. The molecule has 0 aliphatic carbocycles. The fourth-order valence-electron chi connectivity index (χ4n) is 5.19. The van der Waals surface area contributed by atoms with Crippen LogP contribution in [0, 0.1) is 13.8 Å². The van der Waals surface area contributed by atoms with E-state index in [0.29, 0.717) is 0 Å². The highest BCUT2D eigenvalue weighted by Gasteiger charge is 2.29. The van der Waals surface area contributed by atoms with Gasteiger partial charge in [0.2, 0.25) is 5.52 Å². The van der Waals surface area contributed by atoms with Crippen molar-refractivity contribution in [3.05, 3.63) is 84.2 Å². The SMILES string of the molecule is Cc1ccc2c(oc3ccccc32)c1-n1c(C)[n+](C)c2c3oc4ccccc4c3ccc21. The fourth-order valence-corrected chi connectivity index (χ4v) is 5.19. The normalized spacial score (nSPS) is 12.2. The van der Waals surface area contributed by atoms with Crippen molar-refractivity contribution in [3.8, 4) is 5.69 Å². The molecule has 0 aliphatic heterocycles. The van der Waals surface area contributed by atoms with Gasteiger partial charge in [0.05, 0.1) is 7.05 Å². The summed E-state index contributed by atoms with van der Waals surface area (Å²) in [4.78, 5) is 0. The molecule has 7 aromatic rings. The van der Waals surface area contributed by atoms with Crippen molar-refractivity contribution in [3.63, 3.8) is 0 Å². The van der Waals surface area contributed by atoms with Gasteiger partial charge in [-0.3, -0.25) is 0 Å². The van der Waals surface area contributed by atoms with E-state index in [1.165, 1.54) is 5.56 Å². The van der Waals surface area contributed by atoms with Gasteiger partial charge in [0.15, 0.2) is 22.4 Å². The highest BCUT2D eigenvalue weighted by atomic mass is 16.3. The van der Waals surface area contributed by atoms with Crippen LogP contribution in [0.25, 0.3) is 60.6 Å². The Morgan fingerprint density at radius 3 is 1.97 bits per heavy atom. The lowest BCUT2D eigenvalue weighted by Crippen LogP contribution is -2.30. The lowest BCUT2D eigenvalue weighted by atomic mass is 10.1. The summed E-state index contributed by atoms with van der Waals surface area (Å²) in [7, 11) is 2.11. The molecule has 4 aromatic carbocycles. The first-order valence-electron chi connectivity index (χ1n) is 10.9. The van der Waals surface area contributed by atoms with E-state index in [9.17, 15) is 0 Å². The molecule has 32 heavy (non-hydrogen) atoms. The summed E-state index contributed by atoms with van der Waals surface area (Å²) in [6.07, 6.45) is 0. The Balaban J connectivity index is 1.66. The molecule has 0 atom stereocenters. The maximum absolute atomic E-state index is 6.41. The second-order valence-electron chi connectivity index (χ2n) is 8.56. The van der Waals surface area contributed by atoms with E-state index in [4.69, 9.17) is 8.83 Å². The molecule has 0 amide bonds. The minimum Gasteiger partial charge on any atom is -0.452 e. The number of para-hydroxylation sites is 2. The largest absolute Gasteiger partial charge is 0.452 e. The Morgan fingerprint density at radius 1 is 0.656 bits per heavy atom. The maximum atomic E-state index is 6.41. The summed E-state index contributed by atoms with van der Waals surface area (Å²) >= 11 is 0. The van der Waals surface area contributed by atoms with Crippen molar-refractivity contribution in [2.45, 2.75) is 13.8 Å². The van der Waals surface area contributed by atoms with Crippen LogP contribution in [0.5, 0.6) is 0 Å². The summed E-state index contributed by atoms with van der Waals surface area (Å²) in [6.45, 7) is 4.29. The molecule has 0 radical (unpaired) electrons. The molecule has 0 saturated heterocycles. The first-order valence-corrected chi connectivity index (χ1v) is 10.9. The van der Waals surface area contributed by atoms with E-state index in [1.54, 1.807) is 0 Å². The molecule has 3 heterocycles. The highest BCUT2D eigenvalue weighted by molar-refractivity contribution is 6.13. The average Bonchev–Trinajstić information content (AvgIpc) is 3.44. The monoisotopic (exact) mass is 417 g/mol. The van der Waals surface area contributed by atoms with Crippen molar-refractivity contribution in [1.29, 1.82) is 0 Å². The van der Waals surface area contributed by atoms with Gasteiger partial charge in [-0.1, -0.05) is 42.5 Å². The Hall–Kier alpha value is -4.05. The number of benzene rings is 4. The fraction of sp³-hybridized carbons (Fsp3) is 0.107. The van der Waals surface area contributed by atoms with E-state index in [0.717, 1.165) is 66.4 Å². The second-order valence-corrected chi connectivity index (χ2v) is 8.56. The number of aromatic nitrogens is 2. The maximum Gasteiger partial charge on any atom is 0.259 e. The number of furan rings is 2. The predicted molar refractivity (Wildman–Crippen MR) is 128 cm³/mol. The zero-order valence-electron chi connectivity index (χ0n) is 18.1. The first kappa shape index (κ1) is 17.6. The average molecular weight is 417 g/mol. The van der Waals surface area contributed by atoms with E-state index < -0.39 is 0 Å². The number of imidazole rings is 1. The van der Waals surface area contributed by atoms with Crippen LogP contribution in [-0.2, 0) is 7.05 Å². The minimum absolute atomic E-state index is 0.910. The lowest BCUT2D eigenvalue weighted by molar-refractivity contribution is -0.651. The Labute approximate surface area is 183 Å². The first-order chi connectivity index (χ1) is 15.6. The molecular weight excluding hydrogens is 396 g/mol. The van der Waals surface area contributed by atoms with Crippen LogP contribution in [0.3, 0.4) is 0 Å². The molecule has 7 rings (SSSR count). The van der Waals surface area contributed by atoms with E-state index in [2.05, 4.69) is 78.6 Å². The molecule has 0 N–H and O–H groups in total. The third-order valence-electron chi connectivity index (χ3n) is 6.83. The molecule has 3 aromatic heterocycles. The predicted octanol–water partition coefficient (Wildman–Crippen LogP) is 6.87. The van der Waals surface area contributed by atoms with Gasteiger partial charge in [0, 0.05) is 34.0 Å². The van der Waals surface area contributed by atoms with Crippen LogP contribution in [0.4, 0.5) is 0 Å². The number of hydrogen-bond acceptors (Lipinski definition) is 2. The Morgan fingerprint density at radius 2 is 1.25 bits per heavy atom. The molecule has 4 nitrogen and oxygen atoms in total. The van der Waals surface area contributed by atoms with Crippen LogP contribution in [0.2, 0.25) is 0 Å². The molecular formula is C28H21N2O2+. The van der Waals surface area contributed by atoms with Gasteiger partial charge < -0.3 is 8.83 Å². The molecule has 0 spiro atoms. The molecule has 0 saturated carbocycles. The van der Waals surface area contributed by atoms with Crippen LogP contribution in [-0.4, -0.2) is 4.57 Å².